The summed E-state index contributed by atoms with van der Waals surface area (Å²) in [6.07, 6.45) is 0.575. The van der Waals surface area contributed by atoms with E-state index in [1.807, 2.05) is 73.8 Å². The zero-order chi connectivity index (χ0) is 18.6. The molecule has 1 atom stereocenters. The van der Waals surface area contributed by atoms with Gasteiger partial charge in [-0.15, -0.1) is 0 Å². The van der Waals surface area contributed by atoms with Gasteiger partial charge >= 0.3 is 0 Å². The Labute approximate surface area is 159 Å². The highest BCUT2D eigenvalue weighted by Crippen LogP contribution is 2.35. The molecule has 1 aliphatic rings. The van der Waals surface area contributed by atoms with Crippen molar-refractivity contribution in [3.63, 3.8) is 0 Å². The number of para-hydroxylation sites is 2. The number of carbonyl (C=O) groups is 1. The van der Waals surface area contributed by atoms with Crippen molar-refractivity contribution in [1.82, 2.24) is 4.90 Å². The summed E-state index contributed by atoms with van der Waals surface area (Å²) in [5.74, 6) is 0.804. The number of ether oxygens (including phenoxy) is 1. The van der Waals surface area contributed by atoms with E-state index in [-0.39, 0.29) is 12.1 Å². The third kappa shape index (κ3) is 3.51. The summed E-state index contributed by atoms with van der Waals surface area (Å²) >= 11 is 0. The van der Waals surface area contributed by atoms with Crippen LogP contribution in [0.1, 0.15) is 27.7 Å². The summed E-state index contributed by atoms with van der Waals surface area (Å²) in [6.45, 7) is 0.585. The summed E-state index contributed by atoms with van der Waals surface area (Å²) in [7, 11) is 1.82. The fraction of sp³-hybridized carbons (Fsp3) is 0.174. The molecule has 1 N–H and O–H groups in total. The number of benzene rings is 3. The first-order valence-corrected chi connectivity index (χ1v) is 9.12. The van der Waals surface area contributed by atoms with Crippen LogP contribution < -0.4 is 10.1 Å². The number of nitrogens with zero attached hydrogens (tertiary/aromatic N) is 1. The van der Waals surface area contributed by atoms with Gasteiger partial charge in [0.15, 0.2) is 0 Å². The minimum atomic E-state index is -0.264. The van der Waals surface area contributed by atoms with E-state index in [2.05, 4.69) is 17.4 Å². The average Bonchev–Trinajstić information content (AvgIpc) is 2.72. The molecular weight excluding hydrogens is 336 g/mol. The molecule has 0 spiro atoms. The number of hydrogen-bond acceptors (Lipinski definition) is 3. The Balaban J connectivity index is 1.55. The number of nitrogens with one attached hydrogen (secondary N) is 1. The molecule has 27 heavy (non-hydrogen) atoms. The van der Waals surface area contributed by atoms with Crippen molar-refractivity contribution in [3.8, 4) is 5.75 Å². The highest BCUT2D eigenvalue weighted by atomic mass is 16.5. The van der Waals surface area contributed by atoms with Crippen LogP contribution in [0.3, 0.4) is 0 Å². The first kappa shape index (κ1) is 17.2. The molecule has 1 amide bonds. The molecule has 1 unspecified atom stereocenters. The number of hydrogen-bond donors (Lipinski definition) is 1. The smallest absolute Gasteiger partial charge is 0.257 e. The third-order valence-electron chi connectivity index (χ3n) is 4.86. The third-order valence-corrected chi connectivity index (χ3v) is 4.86. The van der Waals surface area contributed by atoms with E-state index in [1.165, 1.54) is 5.56 Å². The van der Waals surface area contributed by atoms with E-state index in [0.29, 0.717) is 12.2 Å². The molecule has 0 saturated heterocycles. The van der Waals surface area contributed by atoms with Crippen molar-refractivity contribution in [2.45, 2.75) is 12.6 Å². The maximum absolute atomic E-state index is 12.8. The highest BCUT2D eigenvalue weighted by Gasteiger charge is 2.31. The molecule has 0 saturated carbocycles. The predicted molar refractivity (Wildman–Crippen MR) is 107 cm³/mol. The molecule has 1 heterocycles. The van der Waals surface area contributed by atoms with Gasteiger partial charge < -0.3 is 15.0 Å². The van der Waals surface area contributed by atoms with Gasteiger partial charge in [0.1, 0.15) is 11.9 Å². The fourth-order valence-electron chi connectivity index (χ4n) is 3.39. The number of rotatable bonds is 5. The van der Waals surface area contributed by atoms with Crippen LogP contribution in [-0.4, -0.2) is 24.5 Å². The fourth-order valence-corrected chi connectivity index (χ4v) is 3.39. The SMILES string of the molecule is CN1C(=O)c2ccccc2NC1c1ccccc1OCCc1ccccc1. The van der Waals surface area contributed by atoms with Gasteiger partial charge in [-0.2, -0.15) is 0 Å². The van der Waals surface area contributed by atoms with Crippen LogP contribution in [0.2, 0.25) is 0 Å². The van der Waals surface area contributed by atoms with E-state index < -0.39 is 0 Å². The Morgan fingerprint density at radius 3 is 2.48 bits per heavy atom. The first-order valence-electron chi connectivity index (χ1n) is 9.12. The highest BCUT2D eigenvalue weighted by molar-refractivity contribution is 6.01. The number of fused-ring (bicyclic) bond motifs is 1. The minimum Gasteiger partial charge on any atom is -0.493 e. The van der Waals surface area contributed by atoms with E-state index >= 15 is 0 Å². The lowest BCUT2D eigenvalue weighted by Crippen LogP contribution is -2.40. The van der Waals surface area contributed by atoms with E-state index in [0.717, 1.165) is 23.4 Å². The second kappa shape index (κ2) is 7.54. The quantitative estimate of drug-likeness (QED) is 0.730. The summed E-state index contributed by atoms with van der Waals surface area (Å²) in [5, 5.41) is 3.47. The van der Waals surface area contributed by atoms with Crippen LogP contribution in [0.15, 0.2) is 78.9 Å². The van der Waals surface area contributed by atoms with Gasteiger partial charge in [0.2, 0.25) is 0 Å². The van der Waals surface area contributed by atoms with Crippen molar-refractivity contribution in [2.75, 3.05) is 19.0 Å². The van der Waals surface area contributed by atoms with Crippen molar-refractivity contribution in [2.24, 2.45) is 0 Å². The van der Waals surface area contributed by atoms with Gasteiger partial charge in [-0.3, -0.25) is 4.79 Å². The molecule has 0 bridgehead atoms. The number of carbonyl (C=O) groups excluding carboxylic acids is 1. The van der Waals surface area contributed by atoms with Gasteiger partial charge in [-0.05, 0) is 23.8 Å². The molecule has 3 aromatic carbocycles. The van der Waals surface area contributed by atoms with E-state index in [9.17, 15) is 4.79 Å². The van der Waals surface area contributed by atoms with Gasteiger partial charge in [0, 0.05) is 24.7 Å². The second-order valence-electron chi connectivity index (χ2n) is 6.63. The largest absolute Gasteiger partial charge is 0.493 e. The van der Waals surface area contributed by atoms with Gasteiger partial charge in [0.25, 0.3) is 5.91 Å². The van der Waals surface area contributed by atoms with Gasteiger partial charge in [0.05, 0.1) is 12.2 Å². The van der Waals surface area contributed by atoms with Gasteiger partial charge in [-0.25, -0.2) is 0 Å². The molecule has 3 aromatic rings. The predicted octanol–water partition coefficient (Wildman–Crippen LogP) is 4.50. The van der Waals surface area contributed by atoms with Crippen LogP contribution in [0.4, 0.5) is 5.69 Å². The Morgan fingerprint density at radius 1 is 0.926 bits per heavy atom. The number of anilines is 1. The van der Waals surface area contributed by atoms with Gasteiger partial charge in [-0.1, -0.05) is 60.7 Å². The zero-order valence-corrected chi connectivity index (χ0v) is 15.3. The van der Waals surface area contributed by atoms with Crippen molar-refractivity contribution in [1.29, 1.82) is 0 Å². The summed E-state index contributed by atoms with van der Waals surface area (Å²) < 4.78 is 6.09. The van der Waals surface area contributed by atoms with E-state index in [1.54, 1.807) is 4.90 Å². The van der Waals surface area contributed by atoms with Crippen molar-refractivity contribution in [3.05, 3.63) is 95.6 Å². The molecule has 0 fully saturated rings. The Hall–Kier alpha value is -3.27. The van der Waals surface area contributed by atoms with Crippen LogP contribution in [0.5, 0.6) is 5.75 Å². The lowest BCUT2D eigenvalue weighted by atomic mass is 10.0. The second-order valence-corrected chi connectivity index (χ2v) is 6.63. The average molecular weight is 358 g/mol. The molecule has 0 aliphatic carbocycles. The maximum Gasteiger partial charge on any atom is 0.257 e. The van der Waals surface area contributed by atoms with Crippen LogP contribution in [0.25, 0.3) is 0 Å². The Kier molecular flexibility index (Phi) is 4.79. The molecule has 4 nitrogen and oxygen atoms in total. The van der Waals surface area contributed by atoms with Crippen LogP contribution in [0, 0.1) is 0 Å². The monoisotopic (exact) mass is 358 g/mol. The lowest BCUT2D eigenvalue weighted by Gasteiger charge is -2.36. The summed E-state index contributed by atoms with van der Waals surface area (Å²) in [4.78, 5) is 14.5. The summed E-state index contributed by atoms with van der Waals surface area (Å²) in [5.41, 5.74) is 3.74. The standard InChI is InChI=1S/C23H22N2O2/c1-25-22(24-20-13-7-5-11-18(20)23(25)26)19-12-6-8-14-21(19)27-16-15-17-9-3-2-4-10-17/h2-14,22,24H,15-16H2,1H3. The molecule has 1 aliphatic heterocycles. The normalized spacial score (nSPS) is 15.8. The lowest BCUT2D eigenvalue weighted by molar-refractivity contribution is 0.0733. The van der Waals surface area contributed by atoms with E-state index in [4.69, 9.17) is 4.74 Å². The maximum atomic E-state index is 12.8. The molecule has 0 aromatic heterocycles. The molecule has 136 valence electrons. The Morgan fingerprint density at radius 2 is 1.63 bits per heavy atom. The molecule has 4 heteroatoms. The topological polar surface area (TPSA) is 41.6 Å². The van der Waals surface area contributed by atoms with Crippen LogP contribution >= 0.6 is 0 Å². The molecule has 4 rings (SSSR count). The minimum absolute atomic E-state index is 0.00781. The van der Waals surface area contributed by atoms with Crippen molar-refractivity contribution >= 4 is 11.6 Å². The Bertz CT molecular complexity index is 940. The molecular formula is C23H22N2O2. The summed E-state index contributed by atoms with van der Waals surface area (Å²) in [6, 6.07) is 25.8. The molecule has 0 radical (unpaired) electrons. The first-order chi connectivity index (χ1) is 13.2. The number of amides is 1. The van der Waals surface area contributed by atoms with Crippen molar-refractivity contribution < 1.29 is 9.53 Å². The van der Waals surface area contributed by atoms with Crippen LogP contribution in [-0.2, 0) is 6.42 Å². The zero-order valence-electron chi connectivity index (χ0n) is 15.3.